The predicted molar refractivity (Wildman–Crippen MR) is 98.0 cm³/mol. The molecule has 1 saturated heterocycles. The van der Waals surface area contributed by atoms with E-state index < -0.39 is 0 Å². The average Bonchev–Trinajstić information content (AvgIpc) is 3.12. The highest BCUT2D eigenvalue weighted by Gasteiger charge is 2.19. The summed E-state index contributed by atoms with van der Waals surface area (Å²) >= 11 is 1.65. The van der Waals surface area contributed by atoms with Crippen LogP contribution in [0.15, 0.2) is 17.0 Å². The fourth-order valence-electron chi connectivity index (χ4n) is 3.04. The molecule has 2 rings (SSSR count). The summed E-state index contributed by atoms with van der Waals surface area (Å²) in [5.41, 5.74) is 1.08. The zero-order valence-corrected chi connectivity index (χ0v) is 15.9. The van der Waals surface area contributed by atoms with Crippen molar-refractivity contribution in [3.05, 3.63) is 17.7 Å². The fourth-order valence-corrected chi connectivity index (χ4v) is 3.65. The molecule has 1 aliphatic rings. The molecule has 1 unspecified atom stereocenters. The molecule has 1 aromatic rings. The van der Waals surface area contributed by atoms with Gasteiger partial charge in [-0.25, -0.2) is 0 Å². The van der Waals surface area contributed by atoms with Crippen molar-refractivity contribution in [2.45, 2.75) is 30.7 Å². The number of methoxy groups -OCH3 is 2. The number of rotatable bonds is 8. The number of carbonyl (C=O) groups excluding carboxylic acids is 1. The van der Waals surface area contributed by atoms with Crippen LogP contribution in [0.25, 0.3) is 0 Å². The third-order valence-corrected chi connectivity index (χ3v) is 5.37. The Morgan fingerprint density at radius 1 is 1.33 bits per heavy atom. The van der Waals surface area contributed by atoms with Crippen LogP contribution in [0.5, 0.6) is 11.5 Å². The van der Waals surface area contributed by atoms with Crippen LogP contribution >= 0.6 is 11.8 Å². The van der Waals surface area contributed by atoms with Gasteiger partial charge in [0.25, 0.3) is 0 Å². The second-order valence-electron chi connectivity index (χ2n) is 6.17. The lowest BCUT2D eigenvalue weighted by Gasteiger charge is -2.21. The van der Waals surface area contributed by atoms with Crippen molar-refractivity contribution in [2.24, 2.45) is 5.92 Å². The highest BCUT2D eigenvalue weighted by molar-refractivity contribution is 7.98. The molecule has 1 fully saturated rings. The summed E-state index contributed by atoms with van der Waals surface area (Å²) in [5.74, 6) is 2.26. The van der Waals surface area contributed by atoms with Crippen LogP contribution in [0.3, 0.4) is 0 Å². The zero-order chi connectivity index (χ0) is 17.5. The molecule has 5 nitrogen and oxygen atoms in total. The third kappa shape index (κ3) is 4.80. The molecule has 1 atom stereocenters. The molecule has 0 bridgehead atoms. The van der Waals surface area contributed by atoms with Crippen molar-refractivity contribution in [1.82, 2.24) is 10.2 Å². The number of hydrogen-bond acceptors (Lipinski definition) is 5. The van der Waals surface area contributed by atoms with Crippen LogP contribution in [0.4, 0.5) is 0 Å². The molecular weight excluding hydrogens is 324 g/mol. The molecule has 1 amide bonds. The maximum Gasteiger partial charge on any atom is 0.222 e. The molecule has 24 heavy (non-hydrogen) atoms. The number of amides is 1. The quantitative estimate of drug-likeness (QED) is 0.729. The Labute approximate surface area is 149 Å². The summed E-state index contributed by atoms with van der Waals surface area (Å²) < 4.78 is 10.7. The maximum atomic E-state index is 12.4. The minimum absolute atomic E-state index is 0.198. The monoisotopic (exact) mass is 352 g/mol. The predicted octanol–water partition coefficient (Wildman–Crippen LogP) is 2.77. The van der Waals surface area contributed by atoms with E-state index >= 15 is 0 Å². The molecule has 1 heterocycles. The van der Waals surface area contributed by atoms with Gasteiger partial charge in [-0.15, -0.1) is 11.8 Å². The van der Waals surface area contributed by atoms with Crippen molar-refractivity contribution in [3.8, 4) is 11.5 Å². The van der Waals surface area contributed by atoms with E-state index in [9.17, 15) is 4.79 Å². The molecule has 0 saturated carbocycles. The van der Waals surface area contributed by atoms with Gasteiger partial charge in [0.2, 0.25) is 5.91 Å². The van der Waals surface area contributed by atoms with Crippen molar-refractivity contribution in [2.75, 3.05) is 40.6 Å². The smallest absolute Gasteiger partial charge is 0.222 e. The Morgan fingerprint density at radius 2 is 2.04 bits per heavy atom. The Morgan fingerprint density at radius 3 is 2.62 bits per heavy atom. The topological polar surface area (TPSA) is 50.8 Å². The van der Waals surface area contributed by atoms with E-state index in [4.69, 9.17) is 9.47 Å². The van der Waals surface area contributed by atoms with Crippen molar-refractivity contribution < 1.29 is 14.3 Å². The molecule has 1 aromatic carbocycles. The number of benzene rings is 1. The Kier molecular flexibility index (Phi) is 7.24. The van der Waals surface area contributed by atoms with E-state index in [1.807, 2.05) is 30.3 Å². The number of nitrogens with one attached hydrogen (secondary N) is 1. The molecule has 0 radical (unpaired) electrons. The van der Waals surface area contributed by atoms with Gasteiger partial charge in [0.05, 0.1) is 14.2 Å². The molecule has 1 N–H and O–H groups in total. The van der Waals surface area contributed by atoms with Crippen LogP contribution in [0.2, 0.25) is 0 Å². The van der Waals surface area contributed by atoms with Gasteiger partial charge >= 0.3 is 0 Å². The molecule has 0 spiro atoms. The van der Waals surface area contributed by atoms with Gasteiger partial charge < -0.3 is 19.7 Å². The first kappa shape index (κ1) is 18.9. The largest absolute Gasteiger partial charge is 0.493 e. The number of hydrogen-bond donors (Lipinski definition) is 1. The molecule has 1 aliphatic heterocycles. The summed E-state index contributed by atoms with van der Waals surface area (Å²) in [6, 6.07) is 3.94. The van der Waals surface area contributed by atoms with Crippen LogP contribution in [-0.4, -0.2) is 51.4 Å². The van der Waals surface area contributed by atoms with E-state index in [0.717, 1.165) is 30.0 Å². The highest BCUT2D eigenvalue weighted by Crippen LogP contribution is 2.35. The van der Waals surface area contributed by atoms with Crippen LogP contribution in [0, 0.1) is 5.92 Å². The van der Waals surface area contributed by atoms with Crippen molar-refractivity contribution >= 4 is 17.7 Å². The second-order valence-corrected chi connectivity index (χ2v) is 7.01. The zero-order valence-electron chi connectivity index (χ0n) is 15.1. The number of thioether (sulfide) groups is 1. The van der Waals surface area contributed by atoms with Gasteiger partial charge in [-0.1, -0.05) is 0 Å². The van der Waals surface area contributed by atoms with Gasteiger partial charge in [-0.2, -0.15) is 0 Å². The van der Waals surface area contributed by atoms with E-state index in [2.05, 4.69) is 5.32 Å². The summed E-state index contributed by atoms with van der Waals surface area (Å²) in [6.45, 7) is 2.71. The Balaban J connectivity index is 2.01. The van der Waals surface area contributed by atoms with Gasteiger partial charge in [-0.3, -0.25) is 4.79 Å². The SMILES string of the molecule is COc1cc(CN(C)C(=O)CCC2CCNC2)c(SC)cc1OC. The highest BCUT2D eigenvalue weighted by atomic mass is 32.2. The first-order valence-electron chi connectivity index (χ1n) is 8.32. The first-order chi connectivity index (χ1) is 11.6. The minimum Gasteiger partial charge on any atom is -0.493 e. The number of ether oxygens (including phenoxy) is 2. The van der Waals surface area contributed by atoms with Gasteiger partial charge in [0.15, 0.2) is 11.5 Å². The molecular formula is C18H28N2O3S. The number of carbonyl (C=O) groups is 1. The summed E-state index contributed by atoms with van der Waals surface area (Å²) in [5, 5.41) is 3.35. The fraction of sp³-hybridized carbons (Fsp3) is 0.611. The van der Waals surface area contributed by atoms with Gasteiger partial charge in [0.1, 0.15) is 0 Å². The third-order valence-electron chi connectivity index (χ3n) is 4.55. The lowest BCUT2D eigenvalue weighted by atomic mass is 10.0. The van der Waals surface area contributed by atoms with E-state index in [-0.39, 0.29) is 5.91 Å². The van der Waals surface area contributed by atoms with Gasteiger partial charge in [-0.05, 0) is 55.8 Å². The summed E-state index contributed by atoms with van der Waals surface area (Å²) in [6.07, 6.45) is 4.80. The van der Waals surface area contributed by atoms with Crippen molar-refractivity contribution in [3.63, 3.8) is 0 Å². The average molecular weight is 353 g/mol. The van der Waals surface area contributed by atoms with E-state index in [1.54, 1.807) is 26.0 Å². The molecule has 0 aromatic heterocycles. The molecule has 0 aliphatic carbocycles. The number of nitrogens with zero attached hydrogens (tertiary/aromatic N) is 1. The lowest BCUT2D eigenvalue weighted by molar-refractivity contribution is -0.130. The normalized spacial score (nSPS) is 16.9. The summed E-state index contributed by atoms with van der Waals surface area (Å²) in [4.78, 5) is 15.3. The standard InChI is InChI=1S/C18H28N2O3S/c1-20(18(21)6-5-13-7-8-19-11-13)12-14-9-15(22-2)16(23-3)10-17(14)24-4/h9-10,13,19H,5-8,11-12H2,1-4H3. The van der Waals surface area contributed by atoms with Gasteiger partial charge in [0, 0.05) is 24.9 Å². The second kappa shape index (κ2) is 9.18. The summed E-state index contributed by atoms with van der Waals surface area (Å²) in [7, 11) is 5.14. The van der Waals surface area contributed by atoms with Crippen molar-refractivity contribution in [1.29, 1.82) is 0 Å². The van der Waals surface area contributed by atoms with E-state index in [1.165, 1.54) is 6.42 Å². The Hall–Kier alpha value is -1.40. The lowest BCUT2D eigenvalue weighted by Crippen LogP contribution is -2.27. The van der Waals surface area contributed by atoms with Crippen LogP contribution < -0.4 is 14.8 Å². The van der Waals surface area contributed by atoms with E-state index in [0.29, 0.717) is 30.4 Å². The maximum absolute atomic E-state index is 12.4. The van der Waals surface area contributed by atoms with Crippen LogP contribution in [-0.2, 0) is 11.3 Å². The minimum atomic E-state index is 0.198. The molecule has 6 heteroatoms. The van der Waals surface area contributed by atoms with Crippen LogP contribution in [0.1, 0.15) is 24.8 Å². The first-order valence-corrected chi connectivity index (χ1v) is 9.55. The molecule has 134 valence electrons. The Bertz CT molecular complexity index is 559.